The van der Waals surface area contributed by atoms with Crippen molar-refractivity contribution in [2.24, 2.45) is 0 Å². The van der Waals surface area contributed by atoms with Crippen molar-refractivity contribution in [1.82, 2.24) is 9.55 Å². The van der Waals surface area contributed by atoms with Gasteiger partial charge in [0, 0.05) is 13.0 Å². The van der Waals surface area contributed by atoms with Crippen LogP contribution in [0, 0.1) is 12.7 Å². The molecule has 0 radical (unpaired) electrons. The molecule has 0 bridgehead atoms. The number of aromatic nitrogens is 2. The molecule has 0 aliphatic carbocycles. The number of benzene rings is 3. The molecule has 0 N–H and O–H groups in total. The van der Waals surface area contributed by atoms with E-state index in [2.05, 4.69) is 20.9 Å². The largest absolute Gasteiger partial charge is 0.291 e. The number of hydrogen-bond acceptors (Lipinski definition) is 2. The smallest absolute Gasteiger partial charge is 0.268 e. The highest BCUT2D eigenvalue weighted by Gasteiger charge is 2.19. The van der Waals surface area contributed by atoms with Crippen LogP contribution in [0.4, 0.5) is 4.39 Å². The number of halogens is 2. The van der Waals surface area contributed by atoms with E-state index in [0.717, 1.165) is 11.1 Å². The summed E-state index contributed by atoms with van der Waals surface area (Å²) in [6, 6.07) is 25.0. The van der Waals surface area contributed by atoms with Gasteiger partial charge in [0.2, 0.25) is 0 Å². The summed E-state index contributed by atoms with van der Waals surface area (Å²) in [7, 11) is 0. The molecule has 0 spiro atoms. The maximum absolute atomic E-state index is 15.6. The molecule has 3 nitrogen and oxygen atoms in total. The lowest BCUT2D eigenvalue weighted by atomic mass is 10.0. The van der Waals surface area contributed by atoms with Crippen LogP contribution in [0.5, 0.6) is 0 Å². The Hall–Kier alpha value is -3.05. The van der Waals surface area contributed by atoms with E-state index < -0.39 is 0 Å². The van der Waals surface area contributed by atoms with Crippen molar-refractivity contribution in [1.29, 1.82) is 0 Å². The van der Waals surface area contributed by atoms with Crippen LogP contribution >= 0.6 is 15.9 Å². The number of nitrogens with zero attached hydrogens (tertiary/aromatic N) is 2. The van der Waals surface area contributed by atoms with Gasteiger partial charge in [-0.05, 0) is 52.0 Å². The Morgan fingerprint density at radius 3 is 2.23 bits per heavy atom. The Morgan fingerprint density at radius 1 is 0.903 bits per heavy atom. The van der Waals surface area contributed by atoms with Crippen LogP contribution in [0.2, 0.25) is 0 Å². The van der Waals surface area contributed by atoms with Crippen LogP contribution < -0.4 is 5.56 Å². The van der Waals surface area contributed by atoms with Crippen LogP contribution in [-0.2, 0) is 19.4 Å². The van der Waals surface area contributed by atoms with Crippen molar-refractivity contribution in [2.45, 2.75) is 26.3 Å². The Bertz CT molecular complexity index is 1250. The third-order valence-electron chi connectivity index (χ3n) is 5.30. The Labute approximate surface area is 189 Å². The van der Waals surface area contributed by atoms with Crippen molar-refractivity contribution < 1.29 is 4.39 Å². The number of aryl methyl sites for hydroxylation is 2. The second-order valence-corrected chi connectivity index (χ2v) is 8.26. The zero-order chi connectivity index (χ0) is 21.8. The van der Waals surface area contributed by atoms with E-state index in [1.807, 2.05) is 66.7 Å². The lowest BCUT2D eigenvalue weighted by Crippen LogP contribution is -2.26. The Kier molecular flexibility index (Phi) is 6.42. The third kappa shape index (κ3) is 4.67. The highest BCUT2D eigenvalue weighted by molar-refractivity contribution is 9.10. The van der Waals surface area contributed by atoms with Gasteiger partial charge in [-0.25, -0.2) is 9.37 Å². The first-order valence-electron chi connectivity index (χ1n) is 10.2. The summed E-state index contributed by atoms with van der Waals surface area (Å²) in [4.78, 5) is 17.6. The normalized spacial score (nSPS) is 10.9. The van der Waals surface area contributed by atoms with Crippen LogP contribution in [0.3, 0.4) is 0 Å². The van der Waals surface area contributed by atoms with E-state index in [1.54, 1.807) is 23.6 Å². The van der Waals surface area contributed by atoms with E-state index >= 15 is 4.39 Å². The molecule has 0 amide bonds. The molecule has 3 aromatic carbocycles. The second-order valence-electron chi connectivity index (χ2n) is 7.47. The molecule has 0 unspecified atom stereocenters. The van der Waals surface area contributed by atoms with Gasteiger partial charge in [0.15, 0.2) is 0 Å². The van der Waals surface area contributed by atoms with Crippen molar-refractivity contribution >= 4 is 15.9 Å². The topological polar surface area (TPSA) is 34.9 Å². The van der Waals surface area contributed by atoms with Crippen LogP contribution in [0.25, 0.3) is 11.4 Å². The van der Waals surface area contributed by atoms with E-state index in [1.165, 1.54) is 0 Å². The van der Waals surface area contributed by atoms with E-state index in [9.17, 15) is 4.79 Å². The van der Waals surface area contributed by atoms with Crippen LogP contribution in [-0.4, -0.2) is 9.55 Å². The summed E-state index contributed by atoms with van der Waals surface area (Å²) < 4.78 is 17.6. The quantitative estimate of drug-likeness (QED) is 0.344. The molecule has 0 fully saturated rings. The molecule has 0 aliphatic heterocycles. The third-order valence-corrected chi connectivity index (χ3v) is 6.22. The van der Waals surface area contributed by atoms with Crippen molar-refractivity contribution in [3.63, 3.8) is 0 Å². The average Bonchev–Trinajstić information content (AvgIpc) is 2.79. The van der Waals surface area contributed by atoms with Crippen LogP contribution in [0.1, 0.15) is 22.4 Å². The molecule has 156 valence electrons. The van der Waals surface area contributed by atoms with Gasteiger partial charge < -0.3 is 0 Å². The molecular weight excluding hydrogens is 455 g/mol. The SMILES string of the molecule is Cc1nc(-c2cccc(Cc3ccccc3)c2F)n(CCc2ccccc2)c(=O)c1Br. The van der Waals surface area contributed by atoms with Gasteiger partial charge in [0.25, 0.3) is 5.56 Å². The van der Waals surface area contributed by atoms with E-state index in [4.69, 9.17) is 0 Å². The predicted molar refractivity (Wildman–Crippen MR) is 126 cm³/mol. The summed E-state index contributed by atoms with van der Waals surface area (Å²) in [5.74, 6) is 0.0162. The van der Waals surface area contributed by atoms with Gasteiger partial charge in [-0.1, -0.05) is 72.8 Å². The van der Waals surface area contributed by atoms with Crippen molar-refractivity contribution in [2.75, 3.05) is 0 Å². The zero-order valence-corrected chi connectivity index (χ0v) is 18.8. The van der Waals surface area contributed by atoms with Gasteiger partial charge >= 0.3 is 0 Å². The Balaban J connectivity index is 1.77. The Morgan fingerprint density at radius 2 is 1.55 bits per heavy atom. The fraction of sp³-hybridized carbons (Fsp3) is 0.154. The lowest BCUT2D eigenvalue weighted by Gasteiger charge is -2.16. The zero-order valence-electron chi connectivity index (χ0n) is 17.2. The van der Waals surface area contributed by atoms with Gasteiger partial charge in [0.1, 0.15) is 16.1 Å². The summed E-state index contributed by atoms with van der Waals surface area (Å²) in [6.07, 6.45) is 1.13. The molecule has 4 rings (SSSR count). The average molecular weight is 477 g/mol. The first-order chi connectivity index (χ1) is 15.0. The first kappa shape index (κ1) is 21.2. The fourth-order valence-corrected chi connectivity index (χ4v) is 3.94. The molecular formula is C26H22BrFN2O. The monoisotopic (exact) mass is 476 g/mol. The van der Waals surface area contributed by atoms with Gasteiger partial charge in [-0.2, -0.15) is 0 Å². The second kappa shape index (κ2) is 9.40. The molecule has 0 atom stereocenters. The summed E-state index contributed by atoms with van der Waals surface area (Å²) in [5.41, 5.74) is 3.40. The summed E-state index contributed by atoms with van der Waals surface area (Å²) in [6.45, 7) is 2.16. The number of hydrogen-bond donors (Lipinski definition) is 0. The fourth-order valence-electron chi connectivity index (χ4n) is 3.64. The maximum Gasteiger partial charge on any atom is 0.268 e. The highest BCUT2D eigenvalue weighted by atomic mass is 79.9. The number of rotatable bonds is 6. The molecule has 31 heavy (non-hydrogen) atoms. The minimum absolute atomic E-state index is 0.203. The summed E-state index contributed by atoms with van der Waals surface area (Å²) >= 11 is 3.35. The molecule has 1 aromatic heterocycles. The van der Waals surface area contributed by atoms with Crippen LogP contribution in [0.15, 0.2) is 88.1 Å². The maximum atomic E-state index is 15.6. The summed E-state index contributed by atoms with van der Waals surface area (Å²) in [5, 5.41) is 0. The lowest BCUT2D eigenvalue weighted by molar-refractivity contribution is 0.606. The predicted octanol–water partition coefficient (Wildman–Crippen LogP) is 5.95. The molecule has 1 heterocycles. The van der Waals surface area contributed by atoms with Gasteiger partial charge in [-0.15, -0.1) is 0 Å². The molecule has 0 saturated heterocycles. The minimum atomic E-state index is -0.339. The molecule has 0 aliphatic rings. The van der Waals surface area contributed by atoms with Gasteiger partial charge in [-0.3, -0.25) is 9.36 Å². The minimum Gasteiger partial charge on any atom is -0.291 e. The van der Waals surface area contributed by atoms with Crippen molar-refractivity contribution in [3.8, 4) is 11.4 Å². The molecule has 0 saturated carbocycles. The van der Waals surface area contributed by atoms with E-state index in [0.29, 0.717) is 46.5 Å². The van der Waals surface area contributed by atoms with Crippen molar-refractivity contribution in [3.05, 3.63) is 122 Å². The van der Waals surface area contributed by atoms with Gasteiger partial charge in [0.05, 0.1) is 11.3 Å². The molecule has 5 heteroatoms. The standard InChI is InChI=1S/C26H22BrFN2O/c1-18-23(27)26(31)30(16-15-19-9-4-2-5-10-19)25(29-18)22-14-8-13-21(24(22)28)17-20-11-6-3-7-12-20/h2-14H,15-17H2,1H3. The van der Waals surface area contributed by atoms with E-state index in [-0.39, 0.29) is 11.4 Å². The highest BCUT2D eigenvalue weighted by Crippen LogP contribution is 2.26. The molecule has 4 aromatic rings. The first-order valence-corrected chi connectivity index (χ1v) is 11.0.